The molecule has 0 unspecified atom stereocenters. The molecule has 0 saturated heterocycles. The van der Waals surface area contributed by atoms with E-state index in [0.29, 0.717) is 11.7 Å². The Morgan fingerprint density at radius 2 is 1.96 bits per heavy atom. The molecule has 0 aliphatic rings. The molecule has 1 amide bonds. The summed E-state index contributed by atoms with van der Waals surface area (Å²) in [6.07, 6.45) is 6.34. The number of aryl methyl sites for hydroxylation is 1. The number of hydrogen-bond acceptors (Lipinski definition) is 4. The largest absolute Gasteiger partial charge is 0.484 e. The number of nitrogens with zero attached hydrogens (tertiary/aromatic N) is 1. The Labute approximate surface area is 148 Å². The zero-order valence-corrected chi connectivity index (χ0v) is 14.3. The number of anilines is 1. The van der Waals surface area contributed by atoms with Crippen molar-refractivity contribution < 1.29 is 9.53 Å². The first-order valence-corrected chi connectivity index (χ1v) is 6.99. The van der Waals surface area contributed by atoms with Crippen LogP contribution >= 0.6 is 24.8 Å². The number of nitrogens with two attached hydrogens (primary N) is 1. The Morgan fingerprint density at radius 1 is 1.22 bits per heavy atom. The minimum Gasteiger partial charge on any atom is -0.484 e. The average molecular weight is 361 g/mol. The van der Waals surface area contributed by atoms with E-state index < -0.39 is 0 Å². The smallest absolute Gasteiger partial charge is 0.264 e. The lowest BCUT2D eigenvalue weighted by atomic mass is 10.1. The summed E-state index contributed by atoms with van der Waals surface area (Å²) in [7, 11) is 0. The quantitative estimate of drug-likeness (QED) is 0.630. The van der Waals surface area contributed by atoms with Crippen LogP contribution in [-0.4, -0.2) is 29.0 Å². The Morgan fingerprint density at radius 3 is 2.57 bits per heavy atom. The number of nitrogens with one attached hydrogen (secondary N) is 2. The van der Waals surface area contributed by atoms with Gasteiger partial charge in [0.05, 0.1) is 0 Å². The van der Waals surface area contributed by atoms with Gasteiger partial charge in [-0.2, -0.15) is 0 Å². The molecule has 0 aliphatic heterocycles. The van der Waals surface area contributed by atoms with E-state index in [1.165, 1.54) is 5.56 Å². The lowest BCUT2D eigenvalue weighted by Gasteiger charge is -2.07. The highest BCUT2D eigenvalue weighted by Gasteiger charge is 2.05. The van der Waals surface area contributed by atoms with Gasteiger partial charge < -0.3 is 15.5 Å². The molecular weight excluding hydrogens is 339 g/mol. The number of aromatic nitrogens is 2. The number of rotatable bonds is 8. The predicted molar refractivity (Wildman–Crippen MR) is 95.6 cm³/mol. The zero-order valence-electron chi connectivity index (χ0n) is 12.7. The van der Waals surface area contributed by atoms with Crippen LogP contribution in [0.3, 0.4) is 0 Å². The number of carbonyl (C=O) groups is 1. The van der Waals surface area contributed by atoms with E-state index in [9.17, 15) is 4.79 Å². The van der Waals surface area contributed by atoms with Crippen molar-refractivity contribution >= 4 is 36.7 Å². The molecule has 23 heavy (non-hydrogen) atoms. The molecule has 0 bridgehead atoms. The molecule has 2 aromatic rings. The monoisotopic (exact) mass is 360 g/mol. The van der Waals surface area contributed by atoms with Crippen molar-refractivity contribution in [1.29, 1.82) is 0 Å². The standard InChI is InChI=1S/C15H20N4O2.2ClH/c16-8-2-1-3-12-4-6-13(7-5-12)21-11-14(20)19-15-17-9-10-18-15;;/h4-7,9-10H,1-3,8,11,16H2,(H2,17,18,19,20);2*1H. The van der Waals surface area contributed by atoms with Crippen molar-refractivity contribution in [3.63, 3.8) is 0 Å². The van der Waals surface area contributed by atoms with E-state index in [1.807, 2.05) is 24.3 Å². The van der Waals surface area contributed by atoms with Gasteiger partial charge in [-0.15, -0.1) is 24.8 Å². The highest BCUT2D eigenvalue weighted by molar-refractivity contribution is 5.90. The second-order valence-electron chi connectivity index (χ2n) is 4.66. The van der Waals surface area contributed by atoms with Crippen LogP contribution in [0.1, 0.15) is 18.4 Å². The number of aromatic amines is 1. The lowest BCUT2D eigenvalue weighted by molar-refractivity contribution is -0.118. The number of benzene rings is 1. The maximum absolute atomic E-state index is 11.6. The van der Waals surface area contributed by atoms with Gasteiger partial charge >= 0.3 is 0 Å². The molecular formula is C15H22Cl2N4O2. The number of ether oxygens (including phenoxy) is 1. The number of unbranched alkanes of at least 4 members (excludes halogenated alkanes) is 1. The first kappa shape index (κ1) is 21.2. The number of halogens is 2. The zero-order chi connectivity index (χ0) is 14.9. The van der Waals surface area contributed by atoms with Gasteiger partial charge in [0.15, 0.2) is 6.61 Å². The van der Waals surface area contributed by atoms with E-state index >= 15 is 0 Å². The van der Waals surface area contributed by atoms with E-state index in [-0.39, 0.29) is 37.3 Å². The third-order valence-corrected chi connectivity index (χ3v) is 2.97. The van der Waals surface area contributed by atoms with Gasteiger partial charge in [0, 0.05) is 12.4 Å². The summed E-state index contributed by atoms with van der Waals surface area (Å²) >= 11 is 0. The van der Waals surface area contributed by atoms with Crippen molar-refractivity contribution in [2.75, 3.05) is 18.5 Å². The Balaban J connectivity index is 0.00000242. The van der Waals surface area contributed by atoms with Gasteiger partial charge in [-0.1, -0.05) is 12.1 Å². The molecule has 4 N–H and O–H groups in total. The number of amides is 1. The molecule has 2 rings (SSSR count). The maximum Gasteiger partial charge on any atom is 0.264 e. The van der Waals surface area contributed by atoms with Gasteiger partial charge in [0.1, 0.15) is 5.75 Å². The number of hydrogen-bond donors (Lipinski definition) is 3. The second kappa shape index (κ2) is 11.8. The second-order valence-corrected chi connectivity index (χ2v) is 4.66. The fourth-order valence-corrected chi connectivity index (χ4v) is 1.88. The van der Waals surface area contributed by atoms with E-state index in [0.717, 1.165) is 25.8 Å². The summed E-state index contributed by atoms with van der Waals surface area (Å²) in [5.74, 6) is 0.836. The fourth-order valence-electron chi connectivity index (χ4n) is 1.88. The average Bonchev–Trinajstić information content (AvgIpc) is 2.99. The van der Waals surface area contributed by atoms with Crippen LogP contribution in [0.2, 0.25) is 0 Å². The van der Waals surface area contributed by atoms with Crippen LogP contribution in [0.4, 0.5) is 5.95 Å². The van der Waals surface area contributed by atoms with Crippen molar-refractivity contribution in [1.82, 2.24) is 9.97 Å². The molecule has 0 saturated carbocycles. The van der Waals surface area contributed by atoms with Gasteiger partial charge in [0.25, 0.3) is 5.91 Å². The van der Waals surface area contributed by atoms with E-state index in [1.54, 1.807) is 12.4 Å². The van der Waals surface area contributed by atoms with Crippen LogP contribution in [-0.2, 0) is 11.2 Å². The van der Waals surface area contributed by atoms with Crippen LogP contribution in [0.5, 0.6) is 5.75 Å². The van der Waals surface area contributed by atoms with Gasteiger partial charge in [-0.25, -0.2) is 4.98 Å². The molecule has 8 heteroatoms. The number of imidazole rings is 1. The van der Waals surface area contributed by atoms with Gasteiger partial charge in [-0.3, -0.25) is 10.1 Å². The van der Waals surface area contributed by atoms with E-state index in [4.69, 9.17) is 10.5 Å². The van der Waals surface area contributed by atoms with Crippen LogP contribution < -0.4 is 15.8 Å². The Hall–Kier alpha value is -1.76. The summed E-state index contributed by atoms with van der Waals surface area (Å²) in [6.45, 7) is 0.680. The predicted octanol–water partition coefficient (Wildman–Crippen LogP) is 2.55. The highest BCUT2D eigenvalue weighted by Crippen LogP contribution is 2.13. The molecule has 0 fully saturated rings. The normalized spacial score (nSPS) is 9.43. The van der Waals surface area contributed by atoms with Gasteiger partial charge in [0.2, 0.25) is 5.95 Å². The third kappa shape index (κ3) is 7.88. The summed E-state index contributed by atoms with van der Waals surface area (Å²) in [4.78, 5) is 18.3. The molecule has 1 aromatic heterocycles. The summed E-state index contributed by atoms with van der Waals surface area (Å²) in [5, 5.41) is 2.60. The van der Waals surface area contributed by atoms with Crippen molar-refractivity contribution in [3.05, 3.63) is 42.2 Å². The van der Waals surface area contributed by atoms with Crippen molar-refractivity contribution in [2.45, 2.75) is 19.3 Å². The molecule has 1 heterocycles. The summed E-state index contributed by atoms with van der Waals surface area (Å²) < 4.78 is 5.42. The maximum atomic E-state index is 11.6. The lowest BCUT2D eigenvalue weighted by Crippen LogP contribution is -2.20. The molecule has 0 aliphatic carbocycles. The molecule has 6 nitrogen and oxygen atoms in total. The molecule has 0 atom stereocenters. The molecule has 1 aromatic carbocycles. The highest BCUT2D eigenvalue weighted by atomic mass is 35.5. The summed E-state index contributed by atoms with van der Waals surface area (Å²) in [6, 6.07) is 7.77. The fraction of sp³-hybridized carbons (Fsp3) is 0.333. The SMILES string of the molecule is Cl.Cl.NCCCCc1ccc(OCC(=O)Nc2ncc[nH]2)cc1. The van der Waals surface area contributed by atoms with Crippen molar-refractivity contribution in [2.24, 2.45) is 5.73 Å². The van der Waals surface area contributed by atoms with E-state index in [2.05, 4.69) is 15.3 Å². The number of carbonyl (C=O) groups excluding carboxylic acids is 1. The van der Waals surface area contributed by atoms with Crippen molar-refractivity contribution in [3.8, 4) is 5.75 Å². The number of H-pyrrole nitrogens is 1. The third-order valence-electron chi connectivity index (χ3n) is 2.97. The molecule has 0 spiro atoms. The topological polar surface area (TPSA) is 93.0 Å². The van der Waals surface area contributed by atoms with Gasteiger partial charge in [-0.05, 0) is 43.5 Å². The minimum atomic E-state index is -0.253. The van der Waals surface area contributed by atoms with Crippen LogP contribution in [0.15, 0.2) is 36.7 Å². The van der Waals surface area contributed by atoms with Crippen LogP contribution in [0, 0.1) is 0 Å². The Bertz CT molecular complexity index is 547. The first-order valence-electron chi connectivity index (χ1n) is 6.99. The van der Waals surface area contributed by atoms with Crippen LogP contribution in [0.25, 0.3) is 0 Å². The molecule has 128 valence electrons. The molecule has 0 radical (unpaired) electrons. The Kier molecular flexibility index (Phi) is 10.9. The minimum absolute atomic E-state index is 0. The first-order chi connectivity index (χ1) is 10.3. The summed E-state index contributed by atoms with van der Waals surface area (Å²) in [5.41, 5.74) is 6.71.